The van der Waals surface area contributed by atoms with Gasteiger partial charge in [-0.25, -0.2) is 4.98 Å². The molecule has 0 bridgehead atoms. The highest BCUT2D eigenvalue weighted by Crippen LogP contribution is 2.33. The van der Waals surface area contributed by atoms with Crippen LogP contribution in [-0.2, 0) is 25.8 Å². The molecule has 2 aromatic rings. The molecule has 0 fully saturated rings. The van der Waals surface area contributed by atoms with Gasteiger partial charge in [-0.3, -0.25) is 4.68 Å². The Morgan fingerprint density at radius 2 is 2.37 bits per heavy atom. The molecule has 19 heavy (non-hydrogen) atoms. The number of nitrogens with two attached hydrogens (primary N) is 1. The minimum absolute atomic E-state index is 0.0513. The van der Waals surface area contributed by atoms with E-state index in [0.717, 1.165) is 25.2 Å². The van der Waals surface area contributed by atoms with E-state index in [0.29, 0.717) is 0 Å². The quantitative estimate of drug-likeness (QED) is 0.912. The second kappa shape index (κ2) is 5.43. The van der Waals surface area contributed by atoms with Crippen molar-refractivity contribution in [2.45, 2.75) is 51.6 Å². The third-order valence-electron chi connectivity index (χ3n) is 3.66. The molecule has 1 aliphatic carbocycles. The van der Waals surface area contributed by atoms with Crippen molar-refractivity contribution >= 4 is 11.3 Å². The van der Waals surface area contributed by atoms with Gasteiger partial charge in [0, 0.05) is 28.8 Å². The maximum Gasteiger partial charge on any atom is 0.138 e. The van der Waals surface area contributed by atoms with Crippen LogP contribution in [0, 0.1) is 0 Å². The number of hydrogen-bond acceptors (Lipinski definition) is 4. The van der Waals surface area contributed by atoms with Crippen LogP contribution in [0.1, 0.15) is 46.9 Å². The smallest absolute Gasteiger partial charge is 0.138 e. The summed E-state index contributed by atoms with van der Waals surface area (Å²) in [5.74, 6) is 1.00. The fourth-order valence-electron chi connectivity index (χ4n) is 2.68. The number of hydrogen-bond donors (Lipinski definition) is 1. The summed E-state index contributed by atoms with van der Waals surface area (Å²) in [6.07, 6.45) is 7.25. The van der Waals surface area contributed by atoms with Crippen LogP contribution in [0.3, 0.4) is 0 Å². The Labute approximate surface area is 117 Å². The van der Waals surface area contributed by atoms with E-state index in [-0.39, 0.29) is 6.04 Å². The summed E-state index contributed by atoms with van der Waals surface area (Å²) in [6.45, 7) is 3.07. The first-order valence-corrected chi connectivity index (χ1v) is 7.83. The second-order valence-electron chi connectivity index (χ2n) is 5.16. The number of aryl methyl sites for hydroxylation is 3. The van der Waals surface area contributed by atoms with Gasteiger partial charge in [-0.1, -0.05) is 6.92 Å². The molecule has 0 aromatic carbocycles. The maximum atomic E-state index is 6.34. The van der Waals surface area contributed by atoms with Gasteiger partial charge in [-0.05, 0) is 37.3 Å². The highest BCUT2D eigenvalue weighted by atomic mass is 32.1. The van der Waals surface area contributed by atoms with Crippen LogP contribution in [0.5, 0.6) is 0 Å². The molecule has 102 valence electrons. The molecule has 1 unspecified atom stereocenters. The van der Waals surface area contributed by atoms with E-state index in [4.69, 9.17) is 5.73 Å². The van der Waals surface area contributed by atoms with Gasteiger partial charge in [0.05, 0.1) is 0 Å². The molecule has 2 aromatic heterocycles. The summed E-state index contributed by atoms with van der Waals surface area (Å²) in [7, 11) is 0. The summed E-state index contributed by atoms with van der Waals surface area (Å²) < 4.78 is 1.97. The van der Waals surface area contributed by atoms with E-state index in [9.17, 15) is 0 Å². The fourth-order valence-corrected chi connectivity index (χ4v) is 3.94. The summed E-state index contributed by atoms with van der Waals surface area (Å²) in [5, 5.41) is 4.26. The molecule has 2 N–H and O–H groups in total. The molecule has 2 heterocycles. The van der Waals surface area contributed by atoms with E-state index < -0.39 is 0 Å². The zero-order valence-corrected chi connectivity index (χ0v) is 12.1. The van der Waals surface area contributed by atoms with E-state index in [1.807, 2.05) is 16.0 Å². The standard InChI is InChI=1S/C14H20N4S/c1-2-6-18-14(16-9-17-18)8-11(15)13-7-10-4-3-5-12(10)19-13/h7,9,11H,2-6,8,15H2,1H3. The van der Waals surface area contributed by atoms with Crippen molar-refractivity contribution in [3.8, 4) is 0 Å². The van der Waals surface area contributed by atoms with Crippen molar-refractivity contribution < 1.29 is 0 Å². The summed E-state index contributed by atoms with van der Waals surface area (Å²) in [6, 6.07) is 2.36. The molecule has 5 heteroatoms. The van der Waals surface area contributed by atoms with Crippen molar-refractivity contribution in [3.63, 3.8) is 0 Å². The zero-order chi connectivity index (χ0) is 13.2. The predicted octanol–water partition coefficient (Wildman–Crippen LogP) is 2.48. The van der Waals surface area contributed by atoms with E-state index in [2.05, 4.69) is 23.1 Å². The molecule has 1 aliphatic rings. The third-order valence-corrected chi connectivity index (χ3v) is 5.03. The fraction of sp³-hybridized carbons (Fsp3) is 0.571. The van der Waals surface area contributed by atoms with Crippen LogP contribution in [-0.4, -0.2) is 14.8 Å². The monoisotopic (exact) mass is 276 g/mol. The number of aromatic nitrogens is 3. The van der Waals surface area contributed by atoms with E-state index in [1.54, 1.807) is 11.2 Å². The Balaban J connectivity index is 1.73. The van der Waals surface area contributed by atoms with E-state index >= 15 is 0 Å². The van der Waals surface area contributed by atoms with Gasteiger partial charge < -0.3 is 5.73 Å². The second-order valence-corrected chi connectivity index (χ2v) is 6.33. The van der Waals surface area contributed by atoms with Crippen molar-refractivity contribution in [2.75, 3.05) is 0 Å². The Morgan fingerprint density at radius 1 is 1.47 bits per heavy atom. The van der Waals surface area contributed by atoms with Gasteiger partial charge in [0.1, 0.15) is 12.2 Å². The SMILES string of the molecule is CCCn1ncnc1CC(N)c1cc2c(s1)CCC2. The molecule has 4 nitrogen and oxygen atoms in total. The molecular weight excluding hydrogens is 256 g/mol. The van der Waals surface area contributed by atoms with Crippen LogP contribution in [0.4, 0.5) is 0 Å². The Morgan fingerprint density at radius 3 is 3.16 bits per heavy atom. The highest BCUT2D eigenvalue weighted by Gasteiger charge is 2.19. The topological polar surface area (TPSA) is 56.7 Å². The van der Waals surface area contributed by atoms with Crippen molar-refractivity contribution in [1.82, 2.24) is 14.8 Å². The van der Waals surface area contributed by atoms with Gasteiger partial charge in [-0.15, -0.1) is 11.3 Å². The lowest BCUT2D eigenvalue weighted by Gasteiger charge is -2.10. The van der Waals surface area contributed by atoms with Crippen molar-refractivity contribution in [2.24, 2.45) is 5.73 Å². The highest BCUT2D eigenvalue weighted by molar-refractivity contribution is 7.12. The van der Waals surface area contributed by atoms with Crippen molar-refractivity contribution in [1.29, 1.82) is 0 Å². The largest absolute Gasteiger partial charge is 0.323 e. The Hall–Kier alpha value is -1.20. The molecule has 0 saturated carbocycles. The first-order valence-electron chi connectivity index (χ1n) is 7.01. The van der Waals surface area contributed by atoms with Crippen LogP contribution >= 0.6 is 11.3 Å². The van der Waals surface area contributed by atoms with Gasteiger partial charge in [0.25, 0.3) is 0 Å². The first-order chi connectivity index (χ1) is 9.28. The van der Waals surface area contributed by atoms with Crippen LogP contribution in [0.2, 0.25) is 0 Å². The summed E-state index contributed by atoms with van der Waals surface area (Å²) in [4.78, 5) is 7.18. The Kier molecular flexibility index (Phi) is 3.66. The third kappa shape index (κ3) is 2.58. The molecule has 3 rings (SSSR count). The lowest BCUT2D eigenvalue weighted by molar-refractivity contribution is 0.550. The number of nitrogens with zero attached hydrogens (tertiary/aromatic N) is 3. The van der Waals surface area contributed by atoms with Crippen molar-refractivity contribution in [3.05, 3.63) is 33.5 Å². The average molecular weight is 276 g/mol. The molecule has 1 atom stereocenters. The number of rotatable bonds is 5. The number of thiophene rings is 1. The lowest BCUT2D eigenvalue weighted by atomic mass is 10.1. The van der Waals surface area contributed by atoms with Crippen LogP contribution < -0.4 is 5.73 Å². The van der Waals surface area contributed by atoms with Crippen LogP contribution in [0.25, 0.3) is 0 Å². The lowest BCUT2D eigenvalue weighted by Crippen LogP contribution is -2.16. The Bertz CT molecular complexity index is 536. The summed E-state index contributed by atoms with van der Waals surface area (Å²) >= 11 is 1.89. The average Bonchev–Trinajstić information content (AvgIpc) is 3.04. The number of fused-ring (bicyclic) bond motifs is 1. The normalized spacial score (nSPS) is 15.7. The zero-order valence-electron chi connectivity index (χ0n) is 11.3. The van der Waals surface area contributed by atoms with Gasteiger partial charge in [0.15, 0.2) is 0 Å². The maximum absolute atomic E-state index is 6.34. The molecule has 0 radical (unpaired) electrons. The molecule has 0 aliphatic heterocycles. The summed E-state index contributed by atoms with van der Waals surface area (Å²) in [5.41, 5.74) is 7.86. The molecule has 0 spiro atoms. The first kappa shape index (κ1) is 12.8. The minimum Gasteiger partial charge on any atom is -0.323 e. The van der Waals surface area contributed by atoms with Gasteiger partial charge >= 0.3 is 0 Å². The minimum atomic E-state index is 0.0513. The van der Waals surface area contributed by atoms with Crippen LogP contribution in [0.15, 0.2) is 12.4 Å². The van der Waals surface area contributed by atoms with Gasteiger partial charge in [0.2, 0.25) is 0 Å². The predicted molar refractivity (Wildman–Crippen MR) is 77.3 cm³/mol. The van der Waals surface area contributed by atoms with E-state index in [1.165, 1.54) is 29.7 Å². The molecule has 0 saturated heterocycles. The molecular formula is C14H20N4S. The van der Waals surface area contributed by atoms with Gasteiger partial charge in [-0.2, -0.15) is 5.10 Å². The molecule has 0 amide bonds.